The number of halogens is 4. The number of carbonyl (C=O) groups excluding carboxylic acids is 1. The minimum atomic E-state index is -4.44. The number of carbonyl (C=O) groups is 1. The van der Waals surface area contributed by atoms with E-state index in [4.69, 9.17) is 9.47 Å². The maximum Gasteiger partial charge on any atom is 0.416 e. The molecule has 0 aliphatic carbocycles. The van der Waals surface area contributed by atoms with Crippen LogP contribution in [0.4, 0.5) is 24.0 Å². The standard InChI is InChI=1S/C29H26BrF3N4O3S/c1-3-39-25-11-20(24(30)14-26(25)40-16-19-7-4-6-18(2)10-19)15-34-37-27(38)13-23-17-41-28(36-23)35-22-9-5-8-21(12-22)29(31,32)33/h4-12,14-15,17H,3,13,16H2,1-2H3,(H,35,36)(H,37,38)/b34-15-. The number of hydrazone groups is 1. The predicted octanol–water partition coefficient (Wildman–Crippen LogP) is 7.65. The second kappa shape index (κ2) is 13.6. The highest BCUT2D eigenvalue weighted by Crippen LogP contribution is 2.34. The molecule has 0 unspecified atom stereocenters. The molecule has 0 radical (unpaired) electrons. The first-order valence-corrected chi connectivity index (χ1v) is 14.1. The van der Waals surface area contributed by atoms with Gasteiger partial charge in [0.15, 0.2) is 16.6 Å². The number of rotatable bonds is 11. The van der Waals surface area contributed by atoms with Gasteiger partial charge in [-0.3, -0.25) is 4.79 Å². The van der Waals surface area contributed by atoms with Crippen LogP contribution >= 0.6 is 27.3 Å². The molecule has 0 saturated heterocycles. The lowest BCUT2D eigenvalue weighted by Gasteiger charge is -2.14. The molecule has 0 aliphatic heterocycles. The zero-order chi connectivity index (χ0) is 29.4. The molecule has 0 saturated carbocycles. The minimum absolute atomic E-state index is 0.0603. The number of alkyl halides is 3. The first-order chi connectivity index (χ1) is 19.6. The van der Waals surface area contributed by atoms with Gasteiger partial charge in [0.2, 0.25) is 5.91 Å². The van der Waals surface area contributed by atoms with E-state index in [-0.39, 0.29) is 12.1 Å². The van der Waals surface area contributed by atoms with E-state index in [2.05, 4.69) is 42.8 Å². The first kappa shape index (κ1) is 30.1. The third kappa shape index (κ3) is 8.79. The van der Waals surface area contributed by atoms with Crippen LogP contribution in [0.25, 0.3) is 0 Å². The summed E-state index contributed by atoms with van der Waals surface area (Å²) >= 11 is 4.70. The zero-order valence-corrected chi connectivity index (χ0v) is 24.5. The molecule has 1 aromatic heterocycles. The van der Waals surface area contributed by atoms with Crippen LogP contribution in [-0.4, -0.2) is 23.7 Å². The maximum atomic E-state index is 12.9. The lowest BCUT2D eigenvalue weighted by Crippen LogP contribution is -2.20. The fourth-order valence-corrected chi connectivity index (χ4v) is 4.87. The van der Waals surface area contributed by atoms with Crippen LogP contribution in [0.1, 0.15) is 34.9 Å². The number of benzene rings is 3. The number of aromatic nitrogens is 1. The number of hydrogen-bond acceptors (Lipinski definition) is 7. The molecule has 4 aromatic rings. The Hall–Kier alpha value is -3.90. The molecule has 7 nitrogen and oxygen atoms in total. The van der Waals surface area contributed by atoms with Gasteiger partial charge in [-0.1, -0.05) is 35.9 Å². The molecule has 0 bridgehead atoms. The number of aryl methyl sites for hydroxylation is 1. The normalized spacial score (nSPS) is 11.5. The topological polar surface area (TPSA) is 84.8 Å². The summed E-state index contributed by atoms with van der Waals surface area (Å²) in [6.07, 6.45) is -3.02. The van der Waals surface area contributed by atoms with Crippen molar-refractivity contribution in [3.8, 4) is 11.5 Å². The van der Waals surface area contributed by atoms with Gasteiger partial charge in [-0.15, -0.1) is 11.3 Å². The maximum absolute atomic E-state index is 12.9. The monoisotopic (exact) mass is 646 g/mol. The summed E-state index contributed by atoms with van der Waals surface area (Å²) in [6.45, 7) is 4.72. The Morgan fingerprint density at radius 3 is 2.63 bits per heavy atom. The van der Waals surface area contributed by atoms with Crippen molar-refractivity contribution in [2.45, 2.75) is 33.1 Å². The van der Waals surface area contributed by atoms with E-state index < -0.39 is 17.6 Å². The molecule has 214 valence electrons. The largest absolute Gasteiger partial charge is 0.490 e. The second-order valence-corrected chi connectivity index (χ2v) is 10.6. The van der Waals surface area contributed by atoms with Crippen LogP contribution in [0.5, 0.6) is 11.5 Å². The van der Waals surface area contributed by atoms with Crippen LogP contribution in [0.15, 0.2) is 75.6 Å². The SMILES string of the molecule is CCOc1cc(/C=N\NC(=O)Cc2csc(Nc3cccc(C(F)(F)F)c3)n2)c(Br)cc1OCc1cccc(C)c1. The highest BCUT2D eigenvalue weighted by atomic mass is 79.9. The van der Waals surface area contributed by atoms with Crippen molar-refractivity contribution in [3.05, 3.63) is 98.5 Å². The molecule has 0 fully saturated rings. The van der Waals surface area contributed by atoms with E-state index in [1.165, 1.54) is 29.7 Å². The highest BCUT2D eigenvalue weighted by Gasteiger charge is 2.30. The summed E-state index contributed by atoms with van der Waals surface area (Å²) in [6, 6.07) is 16.4. The lowest BCUT2D eigenvalue weighted by molar-refractivity contribution is -0.137. The van der Waals surface area contributed by atoms with Gasteiger partial charge in [-0.25, -0.2) is 10.4 Å². The summed E-state index contributed by atoms with van der Waals surface area (Å²) in [4.78, 5) is 16.7. The van der Waals surface area contributed by atoms with E-state index in [9.17, 15) is 18.0 Å². The molecule has 4 rings (SSSR count). The van der Waals surface area contributed by atoms with Crippen LogP contribution < -0.4 is 20.2 Å². The predicted molar refractivity (Wildman–Crippen MR) is 157 cm³/mol. The molecule has 2 N–H and O–H groups in total. The fraction of sp³-hybridized carbons (Fsp3) is 0.207. The van der Waals surface area contributed by atoms with Gasteiger partial charge in [-0.2, -0.15) is 18.3 Å². The number of thiazole rings is 1. The van der Waals surface area contributed by atoms with Crippen LogP contribution in [0.2, 0.25) is 0 Å². The minimum Gasteiger partial charge on any atom is -0.490 e. The van der Waals surface area contributed by atoms with Crippen molar-refractivity contribution in [3.63, 3.8) is 0 Å². The second-order valence-electron chi connectivity index (χ2n) is 8.85. The van der Waals surface area contributed by atoms with Crippen molar-refractivity contribution in [1.82, 2.24) is 10.4 Å². The zero-order valence-electron chi connectivity index (χ0n) is 22.1. The molecule has 1 amide bonds. The van der Waals surface area contributed by atoms with Gasteiger partial charge in [0.05, 0.1) is 30.5 Å². The van der Waals surface area contributed by atoms with E-state index in [0.29, 0.717) is 45.6 Å². The Balaban J connectivity index is 1.34. The number of anilines is 2. The molecule has 3 aromatic carbocycles. The summed E-state index contributed by atoms with van der Waals surface area (Å²) in [5.74, 6) is 0.704. The van der Waals surface area contributed by atoms with Crippen molar-refractivity contribution in [1.29, 1.82) is 0 Å². The molecule has 0 atom stereocenters. The van der Waals surface area contributed by atoms with Gasteiger partial charge in [0, 0.05) is 21.1 Å². The Labute approximate surface area is 247 Å². The number of ether oxygens (including phenoxy) is 2. The lowest BCUT2D eigenvalue weighted by atomic mass is 10.1. The summed E-state index contributed by atoms with van der Waals surface area (Å²) in [5, 5.41) is 8.90. The molecule has 12 heteroatoms. The van der Waals surface area contributed by atoms with E-state index in [1.54, 1.807) is 17.5 Å². The quantitative estimate of drug-likeness (QED) is 0.129. The number of nitrogens with one attached hydrogen (secondary N) is 2. The van der Waals surface area contributed by atoms with Gasteiger partial charge in [-0.05, 0) is 65.7 Å². The van der Waals surface area contributed by atoms with Crippen LogP contribution in [0, 0.1) is 6.92 Å². The summed E-state index contributed by atoms with van der Waals surface area (Å²) < 4.78 is 51.3. The van der Waals surface area contributed by atoms with Crippen LogP contribution in [0.3, 0.4) is 0 Å². The molecular formula is C29H26BrF3N4O3S. The van der Waals surface area contributed by atoms with Gasteiger partial charge in [0.25, 0.3) is 0 Å². The average Bonchev–Trinajstić information content (AvgIpc) is 3.35. The Kier molecular flexibility index (Phi) is 10.0. The van der Waals surface area contributed by atoms with E-state index in [1.807, 2.05) is 32.0 Å². The summed E-state index contributed by atoms with van der Waals surface area (Å²) in [7, 11) is 0. The molecule has 41 heavy (non-hydrogen) atoms. The molecule has 1 heterocycles. The van der Waals surface area contributed by atoms with Gasteiger partial charge < -0.3 is 14.8 Å². The van der Waals surface area contributed by atoms with Crippen molar-refractivity contribution >= 4 is 50.2 Å². The van der Waals surface area contributed by atoms with Crippen molar-refractivity contribution in [2.75, 3.05) is 11.9 Å². The highest BCUT2D eigenvalue weighted by molar-refractivity contribution is 9.10. The van der Waals surface area contributed by atoms with Gasteiger partial charge in [0.1, 0.15) is 6.61 Å². The first-order valence-electron chi connectivity index (χ1n) is 12.5. The Morgan fingerprint density at radius 2 is 1.88 bits per heavy atom. The average molecular weight is 648 g/mol. The molecular weight excluding hydrogens is 621 g/mol. The number of nitrogens with zero attached hydrogens (tertiary/aromatic N) is 2. The molecule has 0 aliphatic rings. The van der Waals surface area contributed by atoms with Crippen molar-refractivity contribution < 1.29 is 27.4 Å². The third-order valence-corrected chi connectivity index (χ3v) is 7.06. The Bertz CT molecular complexity index is 1540. The summed E-state index contributed by atoms with van der Waals surface area (Å²) in [5.41, 5.74) is 5.25. The third-order valence-electron chi connectivity index (χ3n) is 5.57. The number of hydrogen-bond donors (Lipinski definition) is 2. The van der Waals surface area contributed by atoms with E-state index >= 15 is 0 Å². The van der Waals surface area contributed by atoms with E-state index in [0.717, 1.165) is 23.3 Å². The molecule has 0 spiro atoms. The fourth-order valence-electron chi connectivity index (χ4n) is 3.71. The van der Waals surface area contributed by atoms with Gasteiger partial charge >= 0.3 is 6.18 Å². The number of amides is 1. The smallest absolute Gasteiger partial charge is 0.416 e. The Morgan fingerprint density at radius 1 is 1.10 bits per heavy atom. The van der Waals surface area contributed by atoms with Crippen LogP contribution in [-0.2, 0) is 24.0 Å². The van der Waals surface area contributed by atoms with Crippen molar-refractivity contribution in [2.24, 2.45) is 5.10 Å².